The third kappa shape index (κ3) is 4.16. The van der Waals surface area contributed by atoms with Crippen LogP contribution in [0.3, 0.4) is 0 Å². The molecule has 33 heavy (non-hydrogen) atoms. The summed E-state index contributed by atoms with van der Waals surface area (Å²) in [6.45, 7) is 2.79. The molecular formula is C27H27N3O3. The van der Waals surface area contributed by atoms with E-state index >= 15 is 0 Å². The molecule has 168 valence electrons. The summed E-state index contributed by atoms with van der Waals surface area (Å²) in [5, 5.41) is 3.02. The Morgan fingerprint density at radius 2 is 1.97 bits per heavy atom. The number of nitrogens with zero attached hydrogens (tertiary/aromatic N) is 2. The van der Waals surface area contributed by atoms with Crippen molar-refractivity contribution >= 4 is 22.8 Å². The zero-order valence-electron chi connectivity index (χ0n) is 18.9. The molecule has 4 aromatic rings. The number of rotatable bonds is 5. The van der Waals surface area contributed by atoms with Crippen molar-refractivity contribution in [2.45, 2.75) is 32.2 Å². The quantitative estimate of drug-likeness (QED) is 0.387. The third-order valence-corrected chi connectivity index (χ3v) is 6.23. The van der Waals surface area contributed by atoms with Gasteiger partial charge in [-0.3, -0.25) is 0 Å². The number of anilines is 1. The van der Waals surface area contributed by atoms with Gasteiger partial charge in [-0.2, -0.15) is 0 Å². The van der Waals surface area contributed by atoms with Gasteiger partial charge in [0.1, 0.15) is 17.3 Å². The second-order valence-corrected chi connectivity index (χ2v) is 8.27. The molecule has 1 N–H and O–H groups in total. The Morgan fingerprint density at radius 1 is 1.15 bits per heavy atom. The van der Waals surface area contributed by atoms with Gasteiger partial charge in [-0.15, -0.1) is 0 Å². The molecule has 1 saturated heterocycles. The Morgan fingerprint density at radius 3 is 2.76 bits per heavy atom. The minimum atomic E-state index is -0.179. The van der Waals surface area contributed by atoms with Crippen LogP contribution in [0, 0.1) is 0 Å². The number of amides is 2. The average Bonchev–Trinajstić information content (AvgIpc) is 3.51. The van der Waals surface area contributed by atoms with Gasteiger partial charge in [0.25, 0.3) is 0 Å². The lowest BCUT2D eigenvalue weighted by Crippen LogP contribution is -2.34. The predicted molar refractivity (Wildman–Crippen MR) is 130 cm³/mol. The van der Waals surface area contributed by atoms with E-state index in [-0.39, 0.29) is 12.1 Å². The second-order valence-electron chi connectivity index (χ2n) is 8.27. The molecule has 2 heterocycles. The highest BCUT2D eigenvalue weighted by molar-refractivity contribution is 5.90. The van der Waals surface area contributed by atoms with Crippen molar-refractivity contribution in [3.63, 3.8) is 0 Å². The van der Waals surface area contributed by atoms with Gasteiger partial charge in [0.05, 0.1) is 7.11 Å². The number of benzene rings is 3. The van der Waals surface area contributed by atoms with Gasteiger partial charge in [0.15, 0.2) is 5.58 Å². The van der Waals surface area contributed by atoms with Crippen LogP contribution in [0.25, 0.3) is 22.2 Å². The number of urea groups is 1. The first kappa shape index (κ1) is 21.1. The van der Waals surface area contributed by atoms with E-state index in [1.54, 1.807) is 7.11 Å². The topological polar surface area (TPSA) is 67.6 Å². The molecule has 1 aromatic heterocycles. The summed E-state index contributed by atoms with van der Waals surface area (Å²) >= 11 is 0. The monoisotopic (exact) mass is 441 g/mol. The summed E-state index contributed by atoms with van der Waals surface area (Å²) in [5.74, 6) is 1.39. The van der Waals surface area contributed by atoms with Crippen molar-refractivity contribution < 1.29 is 13.9 Å². The Bertz CT molecular complexity index is 1280. The summed E-state index contributed by atoms with van der Waals surface area (Å²) in [6.07, 6.45) is 2.71. The number of hydrogen-bond donors (Lipinski definition) is 1. The number of aryl methyl sites for hydroxylation is 1. The van der Waals surface area contributed by atoms with Gasteiger partial charge in [-0.05, 0) is 60.7 Å². The lowest BCUT2D eigenvalue weighted by atomic mass is 10.0. The molecule has 2 amide bonds. The van der Waals surface area contributed by atoms with Crippen molar-refractivity contribution in [3.8, 4) is 16.9 Å². The van der Waals surface area contributed by atoms with Crippen LogP contribution in [0.4, 0.5) is 10.5 Å². The van der Waals surface area contributed by atoms with Crippen LogP contribution in [0.2, 0.25) is 0 Å². The largest absolute Gasteiger partial charge is 0.496 e. The molecule has 3 aromatic carbocycles. The van der Waals surface area contributed by atoms with E-state index in [2.05, 4.69) is 12.2 Å². The Hall–Kier alpha value is -3.80. The Labute approximate surface area is 193 Å². The summed E-state index contributed by atoms with van der Waals surface area (Å²) in [5.41, 5.74) is 5.54. The maximum absolute atomic E-state index is 13.0. The highest BCUT2D eigenvalue weighted by Crippen LogP contribution is 2.36. The van der Waals surface area contributed by atoms with Crippen molar-refractivity contribution in [2.24, 2.45) is 0 Å². The van der Waals surface area contributed by atoms with Crippen molar-refractivity contribution in [2.75, 3.05) is 19.0 Å². The summed E-state index contributed by atoms with van der Waals surface area (Å²) in [7, 11) is 1.67. The fourth-order valence-electron chi connectivity index (χ4n) is 4.42. The first-order valence-corrected chi connectivity index (χ1v) is 11.4. The van der Waals surface area contributed by atoms with E-state index in [1.165, 1.54) is 5.56 Å². The molecule has 0 saturated carbocycles. The zero-order valence-corrected chi connectivity index (χ0v) is 18.9. The fourth-order valence-corrected chi connectivity index (χ4v) is 4.42. The number of para-hydroxylation sites is 1. The van der Waals surface area contributed by atoms with Gasteiger partial charge in [-0.1, -0.05) is 43.3 Å². The minimum absolute atomic E-state index is 0.126. The number of oxazole rings is 1. The van der Waals surface area contributed by atoms with Gasteiger partial charge < -0.3 is 19.4 Å². The normalized spacial score (nSPS) is 15.7. The van der Waals surface area contributed by atoms with Crippen LogP contribution in [0.15, 0.2) is 71.1 Å². The maximum atomic E-state index is 13.0. The first-order valence-electron chi connectivity index (χ1n) is 11.4. The van der Waals surface area contributed by atoms with E-state index in [1.807, 2.05) is 71.6 Å². The lowest BCUT2D eigenvalue weighted by molar-refractivity contribution is 0.199. The third-order valence-electron chi connectivity index (χ3n) is 6.23. The molecule has 1 unspecified atom stereocenters. The number of hydrogen-bond acceptors (Lipinski definition) is 4. The van der Waals surface area contributed by atoms with Crippen LogP contribution in [-0.4, -0.2) is 29.6 Å². The highest BCUT2D eigenvalue weighted by atomic mass is 16.5. The number of fused-ring (bicyclic) bond motifs is 1. The average molecular weight is 442 g/mol. The molecular weight excluding hydrogens is 414 g/mol. The van der Waals surface area contributed by atoms with Crippen LogP contribution in [0.1, 0.15) is 37.3 Å². The number of aromatic nitrogens is 1. The van der Waals surface area contributed by atoms with E-state index in [0.717, 1.165) is 47.3 Å². The Kier molecular flexibility index (Phi) is 5.73. The van der Waals surface area contributed by atoms with Crippen LogP contribution < -0.4 is 10.1 Å². The maximum Gasteiger partial charge on any atom is 0.322 e. The first-order chi connectivity index (χ1) is 16.2. The molecule has 6 nitrogen and oxygen atoms in total. The highest BCUT2D eigenvalue weighted by Gasteiger charge is 2.33. The number of methoxy groups -OCH3 is 1. The lowest BCUT2D eigenvalue weighted by Gasteiger charge is -2.22. The SMILES string of the molecule is CCc1ccc(NC(=O)N2CCCC2c2nc3cc(-c4ccccc4OC)ccc3o2)cc1. The molecule has 0 spiro atoms. The number of carbonyl (C=O) groups is 1. The van der Waals surface area contributed by atoms with Crippen molar-refractivity contribution in [3.05, 3.63) is 78.2 Å². The zero-order chi connectivity index (χ0) is 22.8. The molecule has 5 rings (SSSR count). The van der Waals surface area contributed by atoms with Crippen molar-refractivity contribution in [1.82, 2.24) is 9.88 Å². The molecule has 1 atom stereocenters. The molecule has 6 heteroatoms. The van der Waals surface area contributed by atoms with Gasteiger partial charge >= 0.3 is 6.03 Å². The number of carbonyl (C=O) groups excluding carboxylic acids is 1. The van der Waals surface area contributed by atoms with Gasteiger partial charge in [-0.25, -0.2) is 9.78 Å². The van der Waals surface area contributed by atoms with Crippen LogP contribution >= 0.6 is 0 Å². The summed E-state index contributed by atoms with van der Waals surface area (Å²) in [4.78, 5) is 19.6. The molecule has 1 aliphatic heterocycles. The van der Waals surface area contributed by atoms with E-state index in [9.17, 15) is 4.79 Å². The van der Waals surface area contributed by atoms with E-state index in [0.29, 0.717) is 18.0 Å². The van der Waals surface area contributed by atoms with E-state index < -0.39 is 0 Å². The number of ether oxygens (including phenoxy) is 1. The number of likely N-dealkylation sites (tertiary alicyclic amines) is 1. The summed E-state index contributed by atoms with van der Waals surface area (Å²) < 4.78 is 11.6. The predicted octanol–water partition coefficient (Wildman–Crippen LogP) is 6.43. The van der Waals surface area contributed by atoms with Crippen molar-refractivity contribution in [1.29, 1.82) is 0 Å². The van der Waals surface area contributed by atoms with Gasteiger partial charge in [0.2, 0.25) is 5.89 Å². The minimum Gasteiger partial charge on any atom is -0.496 e. The second kappa shape index (κ2) is 8.98. The molecule has 0 radical (unpaired) electrons. The summed E-state index contributed by atoms with van der Waals surface area (Å²) in [6, 6.07) is 21.5. The molecule has 0 aliphatic carbocycles. The smallest absolute Gasteiger partial charge is 0.322 e. The molecule has 1 aliphatic rings. The van der Waals surface area contributed by atoms with Gasteiger partial charge in [0, 0.05) is 17.8 Å². The fraction of sp³-hybridized carbons (Fsp3) is 0.259. The molecule has 0 bridgehead atoms. The standard InChI is InChI=1S/C27H27N3O3/c1-3-18-10-13-20(14-11-18)28-27(31)30-16-6-8-23(30)26-29-22-17-19(12-15-25(22)33-26)21-7-4-5-9-24(21)32-2/h4-5,7,9-15,17,23H,3,6,8,16H2,1-2H3,(H,28,31). The number of nitrogens with one attached hydrogen (secondary N) is 1. The van der Waals surface area contributed by atoms with E-state index in [4.69, 9.17) is 14.1 Å². The van der Waals surface area contributed by atoms with Crippen LogP contribution in [-0.2, 0) is 6.42 Å². The molecule has 1 fully saturated rings. The Balaban J connectivity index is 1.39. The van der Waals surface area contributed by atoms with Crippen LogP contribution in [0.5, 0.6) is 5.75 Å².